The lowest BCUT2D eigenvalue weighted by atomic mass is 9.95. The second kappa shape index (κ2) is 7.32. The summed E-state index contributed by atoms with van der Waals surface area (Å²) in [6.07, 6.45) is 2.99. The quantitative estimate of drug-likeness (QED) is 0.658. The van der Waals surface area contributed by atoms with Crippen molar-refractivity contribution in [2.24, 2.45) is 0 Å². The molecular weight excluding hydrogens is 380 g/mol. The van der Waals surface area contributed by atoms with Crippen LogP contribution < -0.4 is 0 Å². The summed E-state index contributed by atoms with van der Waals surface area (Å²) in [6.45, 7) is 0.131. The van der Waals surface area contributed by atoms with Crippen molar-refractivity contribution in [2.45, 2.75) is 12.6 Å². The predicted molar refractivity (Wildman–Crippen MR) is 102 cm³/mol. The van der Waals surface area contributed by atoms with Gasteiger partial charge in [-0.1, -0.05) is 29.8 Å². The van der Waals surface area contributed by atoms with Gasteiger partial charge >= 0.3 is 0 Å². The standard InChI is InChI=1S/C21H15ClN2O4/c22-14-8-6-13(7-9-14)18-17(19(25)16-5-3-11-28-16)20(26)21(27)24(18)12-15-4-1-2-10-23-15/h1-11,18,26H,12H2. The Morgan fingerprint density at radius 2 is 1.93 bits per heavy atom. The fourth-order valence-corrected chi connectivity index (χ4v) is 3.37. The van der Waals surface area contributed by atoms with E-state index in [4.69, 9.17) is 16.0 Å². The zero-order valence-corrected chi connectivity index (χ0v) is 15.3. The van der Waals surface area contributed by atoms with Gasteiger partial charge in [-0.05, 0) is 42.0 Å². The number of Topliss-reactive ketones (excluding diaryl/α,β-unsaturated/α-hetero) is 1. The van der Waals surface area contributed by atoms with Crippen LogP contribution >= 0.6 is 11.6 Å². The van der Waals surface area contributed by atoms with Gasteiger partial charge in [0, 0.05) is 11.2 Å². The summed E-state index contributed by atoms with van der Waals surface area (Å²) >= 11 is 5.99. The average Bonchev–Trinajstić information content (AvgIpc) is 3.33. The molecule has 1 aliphatic heterocycles. The predicted octanol–water partition coefficient (Wildman–Crippen LogP) is 4.11. The highest BCUT2D eigenvalue weighted by atomic mass is 35.5. The Bertz CT molecular complexity index is 1040. The number of ketones is 1. The zero-order valence-electron chi connectivity index (χ0n) is 14.6. The van der Waals surface area contributed by atoms with Crippen LogP contribution in [-0.4, -0.2) is 26.7 Å². The molecule has 0 spiro atoms. The van der Waals surface area contributed by atoms with Crippen LogP contribution in [0.4, 0.5) is 0 Å². The van der Waals surface area contributed by atoms with Crippen molar-refractivity contribution in [3.8, 4) is 0 Å². The maximum atomic E-state index is 13.0. The number of furan rings is 1. The Hall–Kier alpha value is -3.38. The Balaban J connectivity index is 1.79. The van der Waals surface area contributed by atoms with Gasteiger partial charge in [0.2, 0.25) is 5.78 Å². The number of hydrogen-bond acceptors (Lipinski definition) is 5. The Morgan fingerprint density at radius 1 is 1.14 bits per heavy atom. The third kappa shape index (κ3) is 3.18. The first-order valence-electron chi connectivity index (χ1n) is 8.54. The first-order valence-corrected chi connectivity index (χ1v) is 8.91. The molecule has 7 heteroatoms. The first-order chi connectivity index (χ1) is 13.6. The second-order valence-electron chi connectivity index (χ2n) is 6.28. The summed E-state index contributed by atoms with van der Waals surface area (Å²) < 4.78 is 5.19. The van der Waals surface area contributed by atoms with Crippen molar-refractivity contribution < 1.29 is 19.1 Å². The molecule has 1 amide bonds. The molecule has 1 aliphatic rings. The third-order valence-electron chi connectivity index (χ3n) is 4.54. The number of rotatable bonds is 5. The monoisotopic (exact) mass is 394 g/mol. The fraction of sp³-hybridized carbons (Fsp3) is 0.0952. The molecule has 0 saturated carbocycles. The molecule has 0 radical (unpaired) electrons. The van der Waals surface area contributed by atoms with Crippen molar-refractivity contribution in [1.29, 1.82) is 0 Å². The fourth-order valence-electron chi connectivity index (χ4n) is 3.25. The van der Waals surface area contributed by atoms with Crippen LogP contribution in [0.3, 0.4) is 0 Å². The highest BCUT2D eigenvalue weighted by Crippen LogP contribution is 2.40. The molecule has 28 heavy (non-hydrogen) atoms. The van der Waals surface area contributed by atoms with E-state index < -0.39 is 23.5 Å². The first kappa shape index (κ1) is 18.0. The molecule has 0 bridgehead atoms. The molecule has 3 heterocycles. The molecule has 1 unspecified atom stereocenters. The number of halogens is 1. The van der Waals surface area contributed by atoms with E-state index in [0.29, 0.717) is 16.3 Å². The van der Waals surface area contributed by atoms with Crippen molar-refractivity contribution in [2.75, 3.05) is 0 Å². The summed E-state index contributed by atoms with van der Waals surface area (Å²) in [7, 11) is 0. The van der Waals surface area contributed by atoms with Gasteiger partial charge in [0.1, 0.15) is 0 Å². The van der Waals surface area contributed by atoms with Crippen LogP contribution in [0.5, 0.6) is 0 Å². The number of aliphatic hydroxyl groups excluding tert-OH is 1. The number of carbonyl (C=O) groups is 2. The molecule has 2 aromatic heterocycles. The summed E-state index contributed by atoms with van der Waals surface area (Å²) in [5, 5.41) is 11.1. The smallest absolute Gasteiger partial charge is 0.290 e. The minimum Gasteiger partial charge on any atom is -0.503 e. The summed E-state index contributed by atoms with van der Waals surface area (Å²) in [5.41, 5.74) is 1.25. The molecule has 6 nitrogen and oxygen atoms in total. The Morgan fingerprint density at radius 3 is 2.57 bits per heavy atom. The third-order valence-corrected chi connectivity index (χ3v) is 4.79. The number of aromatic nitrogens is 1. The van der Waals surface area contributed by atoms with Gasteiger partial charge in [-0.3, -0.25) is 14.6 Å². The topological polar surface area (TPSA) is 83.6 Å². The number of nitrogens with zero attached hydrogens (tertiary/aromatic N) is 2. The van der Waals surface area contributed by atoms with E-state index in [1.165, 1.54) is 17.2 Å². The number of benzene rings is 1. The van der Waals surface area contributed by atoms with Crippen LogP contribution in [0.25, 0.3) is 0 Å². The van der Waals surface area contributed by atoms with Gasteiger partial charge in [0.15, 0.2) is 11.5 Å². The van der Waals surface area contributed by atoms with E-state index in [2.05, 4.69) is 4.98 Å². The van der Waals surface area contributed by atoms with Crippen molar-refractivity contribution in [3.05, 3.63) is 100 Å². The van der Waals surface area contributed by atoms with Gasteiger partial charge < -0.3 is 14.4 Å². The minimum atomic E-state index is -0.788. The lowest BCUT2D eigenvalue weighted by Crippen LogP contribution is -2.31. The van der Waals surface area contributed by atoms with Crippen LogP contribution in [0.1, 0.15) is 27.9 Å². The van der Waals surface area contributed by atoms with Crippen molar-refractivity contribution in [3.63, 3.8) is 0 Å². The van der Waals surface area contributed by atoms with Crippen LogP contribution in [0.15, 0.2) is 82.8 Å². The molecule has 0 fully saturated rings. The van der Waals surface area contributed by atoms with E-state index in [1.807, 2.05) is 6.07 Å². The normalized spacial score (nSPS) is 16.7. The van der Waals surface area contributed by atoms with E-state index in [0.717, 1.165) is 0 Å². The molecule has 140 valence electrons. The van der Waals surface area contributed by atoms with Crippen LogP contribution in [-0.2, 0) is 11.3 Å². The molecule has 0 aliphatic carbocycles. The van der Waals surface area contributed by atoms with Gasteiger partial charge in [-0.2, -0.15) is 0 Å². The minimum absolute atomic E-state index is 0.0294. The van der Waals surface area contributed by atoms with Gasteiger partial charge in [-0.25, -0.2) is 0 Å². The van der Waals surface area contributed by atoms with E-state index in [-0.39, 0.29) is 17.9 Å². The molecule has 1 atom stereocenters. The van der Waals surface area contributed by atoms with Crippen molar-refractivity contribution >= 4 is 23.3 Å². The molecule has 3 aromatic rings. The number of amides is 1. The van der Waals surface area contributed by atoms with Gasteiger partial charge in [0.25, 0.3) is 5.91 Å². The van der Waals surface area contributed by atoms with Gasteiger partial charge in [0.05, 0.1) is 30.1 Å². The van der Waals surface area contributed by atoms with E-state index >= 15 is 0 Å². The molecule has 0 saturated heterocycles. The van der Waals surface area contributed by atoms with Crippen molar-refractivity contribution in [1.82, 2.24) is 9.88 Å². The van der Waals surface area contributed by atoms with Gasteiger partial charge in [-0.15, -0.1) is 0 Å². The SMILES string of the molecule is O=C(C1=C(O)C(=O)N(Cc2ccccn2)C1c1ccc(Cl)cc1)c1ccco1. The van der Waals surface area contributed by atoms with Crippen LogP contribution in [0, 0.1) is 0 Å². The van der Waals surface area contributed by atoms with E-state index in [9.17, 15) is 14.7 Å². The zero-order chi connectivity index (χ0) is 19.7. The summed E-state index contributed by atoms with van der Waals surface area (Å²) in [5.74, 6) is -1.72. The lowest BCUT2D eigenvalue weighted by molar-refractivity contribution is -0.130. The maximum absolute atomic E-state index is 13.0. The highest BCUT2D eigenvalue weighted by molar-refractivity contribution is 6.30. The number of carbonyl (C=O) groups excluding carboxylic acids is 2. The summed E-state index contributed by atoms with van der Waals surface area (Å²) in [4.78, 5) is 31.5. The van der Waals surface area contributed by atoms with E-state index in [1.54, 1.807) is 48.7 Å². The average molecular weight is 395 g/mol. The molecule has 1 aromatic carbocycles. The Labute approximate surface area is 165 Å². The highest BCUT2D eigenvalue weighted by Gasteiger charge is 2.44. The molecule has 1 N–H and O–H groups in total. The van der Waals surface area contributed by atoms with Crippen LogP contribution in [0.2, 0.25) is 5.02 Å². The lowest BCUT2D eigenvalue weighted by Gasteiger charge is -2.26. The maximum Gasteiger partial charge on any atom is 0.290 e. The summed E-state index contributed by atoms with van der Waals surface area (Å²) in [6, 6.07) is 14.4. The molecular formula is C21H15ClN2O4. The Kier molecular flexibility index (Phi) is 4.71. The number of pyridine rings is 1. The molecule has 4 rings (SSSR count). The largest absolute Gasteiger partial charge is 0.503 e. The number of aliphatic hydroxyl groups is 1. The number of hydrogen-bond donors (Lipinski definition) is 1. The second-order valence-corrected chi connectivity index (χ2v) is 6.71.